The molecule has 134 valence electrons. The SMILES string of the molecule is CCN(C(=O)CSCc1nc(-c2ccc(C)cc2)no1)c1ccccc1. The molecule has 0 aliphatic carbocycles. The minimum absolute atomic E-state index is 0.0713. The van der Waals surface area contributed by atoms with Gasteiger partial charge in [-0.3, -0.25) is 4.79 Å². The molecule has 0 unspecified atom stereocenters. The van der Waals surface area contributed by atoms with Crippen molar-refractivity contribution < 1.29 is 9.32 Å². The largest absolute Gasteiger partial charge is 0.338 e. The molecular formula is C20H21N3O2S. The van der Waals surface area contributed by atoms with E-state index in [4.69, 9.17) is 4.52 Å². The molecule has 0 saturated carbocycles. The molecule has 0 saturated heterocycles. The average molecular weight is 367 g/mol. The number of nitrogens with zero attached hydrogens (tertiary/aromatic N) is 3. The fourth-order valence-electron chi connectivity index (χ4n) is 2.55. The Hall–Kier alpha value is -2.60. The van der Waals surface area contributed by atoms with Gasteiger partial charge in [0.1, 0.15) is 0 Å². The Morgan fingerprint density at radius 2 is 1.85 bits per heavy atom. The molecule has 0 aliphatic heterocycles. The lowest BCUT2D eigenvalue weighted by atomic mass is 10.1. The zero-order chi connectivity index (χ0) is 18.4. The number of carbonyl (C=O) groups excluding carboxylic acids is 1. The number of thioether (sulfide) groups is 1. The van der Waals surface area contributed by atoms with Crippen molar-refractivity contribution in [2.45, 2.75) is 19.6 Å². The van der Waals surface area contributed by atoms with E-state index in [0.717, 1.165) is 11.3 Å². The summed E-state index contributed by atoms with van der Waals surface area (Å²) in [4.78, 5) is 18.6. The van der Waals surface area contributed by atoms with E-state index in [-0.39, 0.29) is 5.91 Å². The van der Waals surface area contributed by atoms with E-state index in [1.165, 1.54) is 17.3 Å². The monoisotopic (exact) mass is 367 g/mol. The van der Waals surface area contributed by atoms with E-state index >= 15 is 0 Å². The second-order valence-corrected chi connectivity index (χ2v) is 6.83. The van der Waals surface area contributed by atoms with Crippen LogP contribution < -0.4 is 4.90 Å². The van der Waals surface area contributed by atoms with Crippen LogP contribution >= 0.6 is 11.8 Å². The van der Waals surface area contributed by atoms with Crippen molar-refractivity contribution in [2.24, 2.45) is 0 Å². The fourth-order valence-corrected chi connectivity index (χ4v) is 3.27. The van der Waals surface area contributed by atoms with E-state index in [2.05, 4.69) is 10.1 Å². The van der Waals surface area contributed by atoms with Crippen LogP contribution in [0.15, 0.2) is 59.1 Å². The summed E-state index contributed by atoms with van der Waals surface area (Å²) >= 11 is 1.48. The molecule has 1 aromatic heterocycles. The van der Waals surface area contributed by atoms with Crippen LogP contribution in [-0.4, -0.2) is 28.3 Å². The molecule has 0 bridgehead atoms. The maximum Gasteiger partial charge on any atom is 0.236 e. The molecular weight excluding hydrogens is 346 g/mol. The highest BCUT2D eigenvalue weighted by Gasteiger charge is 2.15. The number of amides is 1. The Bertz CT molecular complexity index is 847. The Morgan fingerprint density at radius 3 is 2.54 bits per heavy atom. The van der Waals surface area contributed by atoms with Gasteiger partial charge in [0.25, 0.3) is 0 Å². The summed E-state index contributed by atoms with van der Waals surface area (Å²) in [6.45, 7) is 4.65. The molecule has 5 nitrogen and oxygen atoms in total. The first-order valence-electron chi connectivity index (χ1n) is 8.50. The molecule has 2 aromatic carbocycles. The van der Waals surface area contributed by atoms with E-state index in [9.17, 15) is 4.79 Å². The predicted octanol–water partition coefficient (Wildman–Crippen LogP) is 4.33. The normalized spacial score (nSPS) is 10.7. The lowest BCUT2D eigenvalue weighted by molar-refractivity contribution is -0.116. The Labute approximate surface area is 157 Å². The third-order valence-electron chi connectivity index (χ3n) is 3.91. The van der Waals surface area contributed by atoms with E-state index in [1.54, 1.807) is 4.90 Å². The van der Waals surface area contributed by atoms with Gasteiger partial charge < -0.3 is 9.42 Å². The number of rotatable bonds is 7. The van der Waals surface area contributed by atoms with Crippen LogP contribution in [0, 0.1) is 6.92 Å². The summed E-state index contributed by atoms with van der Waals surface area (Å²) in [6.07, 6.45) is 0. The van der Waals surface area contributed by atoms with Crippen LogP contribution in [-0.2, 0) is 10.5 Å². The van der Waals surface area contributed by atoms with Gasteiger partial charge in [-0.1, -0.05) is 53.2 Å². The average Bonchev–Trinajstić information content (AvgIpc) is 3.13. The zero-order valence-electron chi connectivity index (χ0n) is 14.9. The number of aromatic nitrogens is 2. The van der Waals surface area contributed by atoms with Crippen LogP contribution in [0.2, 0.25) is 0 Å². The van der Waals surface area contributed by atoms with Crippen LogP contribution in [0.1, 0.15) is 18.4 Å². The van der Waals surface area contributed by atoms with Gasteiger partial charge >= 0.3 is 0 Å². The summed E-state index contributed by atoms with van der Waals surface area (Å²) in [5, 5.41) is 4.02. The standard InChI is InChI=1S/C20H21N3O2S/c1-3-23(17-7-5-4-6-8-17)19(24)14-26-13-18-21-20(22-25-18)16-11-9-15(2)10-12-16/h4-12H,3,13-14H2,1-2H3. The third kappa shape index (κ3) is 4.52. The topological polar surface area (TPSA) is 59.2 Å². The number of para-hydroxylation sites is 1. The fraction of sp³-hybridized carbons (Fsp3) is 0.250. The zero-order valence-corrected chi connectivity index (χ0v) is 15.7. The molecule has 0 radical (unpaired) electrons. The highest BCUT2D eigenvalue weighted by molar-refractivity contribution is 7.99. The van der Waals surface area contributed by atoms with Gasteiger partial charge in [-0.2, -0.15) is 4.98 Å². The van der Waals surface area contributed by atoms with E-state index in [1.807, 2.05) is 68.4 Å². The summed E-state index contributed by atoms with van der Waals surface area (Å²) in [7, 11) is 0. The van der Waals surface area contributed by atoms with Gasteiger partial charge in [0, 0.05) is 17.8 Å². The van der Waals surface area contributed by atoms with E-state index in [0.29, 0.717) is 29.8 Å². The number of aryl methyl sites for hydroxylation is 1. The first-order valence-corrected chi connectivity index (χ1v) is 9.65. The molecule has 6 heteroatoms. The molecule has 0 fully saturated rings. The molecule has 3 rings (SSSR count). The van der Waals surface area contributed by atoms with Crippen LogP contribution in [0.4, 0.5) is 5.69 Å². The van der Waals surface area contributed by atoms with Crippen LogP contribution in [0.3, 0.4) is 0 Å². The number of hydrogen-bond donors (Lipinski definition) is 0. The molecule has 1 heterocycles. The van der Waals surface area contributed by atoms with Crippen molar-refractivity contribution in [1.82, 2.24) is 10.1 Å². The highest BCUT2D eigenvalue weighted by Crippen LogP contribution is 2.20. The van der Waals surface area contributed by atoms with Crippen molar-refractivity contribution in [3.05, 3.63) is 66.1 Å². The van der Waals surface area contributed by atoms with Gasteiger partial charge in [-0.05, 0) is 26.0 Å². The molecule has 1 amide bonds. The van der Waals surface area contributed by atoms with Crippen molar-refractivity contribution in [1.29, 1.82) is 0 Å². The molecule has 0 N–H and O–H groups in total. The Kier molecular flexibility index (Phi) is 6.07. The van der Waals surface area contributed by atoms with Gasteiger partial charge in [-0.25, -0.2) is 0 Å². The molecule has 0 atom stereocenters. The number of benzene rings is 2. The maximum absolute atomic E-state index is 12.5. The maximum atomic E-state index is 12.5. The van der Waals surface area contributed by atoms with Crippen molar-refractivity contribution >= 4 is 23.4 Å². The smallest absolute Gasteiger partial charge is 0.236 e. The quantitative estimate of drug-likeness (QED) is 0.622. The van der Waals surface area contributed by atoms with Crippen molar-refractivity contribution in [2.75, 3.05) is 17.2 Å². The highest BCUT2D eigenvalue weighted by atomic mass is 32.2. The number of hydrogen-bond acceptors (Lipinski definition) is 5. The van der Waals surface area contributed by atoms with Crippen molar-refractivity contribution in [3.63, 3.8) is 0 Å². The predicted molar refractivity (Wildman–Crippen MR) is 105 cm³/mol. The second kappa shape index (κ2) is 8.67. The summed E-state index contributed by atoms with van der Waals surface area (Å²) in [6, 6.07) is 17.7. The molecule has 0 aliphatic rings. The lowest BCUT2D eigenvalue weighted by Crippen LogP contribution is -2.32. The Balaban J connectivity index is 1.55. The van der Waals surface area contributed by atoms with Crippen LogP contribution in [0.5, 0.6) is 0 Å². The lowest BCUT2D eigenvalue weighted by Gasteiger charge is -2.20. The van der Waals surface area contributed by atoms with Gasteiger partial charge in [0.15, 0.2) is 0 Å². The first-order chi connectivity index (χ1) is 12.7. The second-order valence-electron chi connectivity index (χ2n) is 5.84. The third-order valence-corrected chi connectivity index (χ3v) is 4.82. The number of anilines is 1. The van der Waals surface area contributed by atoms with Crippen LogP contribution in [0.25, 0.3) is 11.4 Å². The minimum Gasteiger partial charge on any atom is -0.338 e. The summed E-state index contributed by atoms with van der Waals surface area (Å²) in [5.41, 5.74) is 3.03. The summed E-state index contributed by atoms with van der Waals surface area (Å²) < 4.78 is 5.30. The van der Waals surface area contributed by atoms with E-state index < -0.39 is 0 Å². The molecule has 3 aromatic rings. The number of carbonyl (C=O) groups is 1. The van der Waals surface area contributed by atoms with Gasteiger partial charge in [0.05, 0.1) is 11.5 Å². The minimum atomic E-state index is 0.0713. The summed E-state index contributed by atoms with van der Waals surface area (Å²) in [5.74, 6) is 2.05. The van der Waals surface area contributed by atoms with Gasteiger partial charge in [0.2, 0.25) is 17.6 Å². The molecule has 0 spiro atoms. The first kappa shape index (κ1) is 18.2. The Morgan fingerprint density at radius 1 is 1.12 bits per heavy atom. The molecule has 26 heavy (non-hydrogen) atoms. The van der Waals surface area contributed by atoms with Gasteiger partial charge in [-0.15, -0.1) is 11.8 Å². The van der Waals surface area contributed by atoms with Crippen molar-refractivity contribution in [3.8, 4) is 11.4 Å².